The van der Waals surface area contributed by atoms with E-state index in [4.69, 9.17) is 4.42 Å². The first-order chi connectivity index (χ1) is 15.6. The number of piperidine rings is 2. The molecule has 5 heteroatoms. The van der Waals surface area contributed by atoms with Gasteiger partial charge < -0.3 is 14.2 Å². The summed E-state index contributed by atoms with van der Waals surface area (Å²) in [5.41, 5.74) is 0.746. The molecule has 0 aliphatic carbocycles. The number of nitrogens with zero attached hydrogens (tertiary/aromatic N) is 2. The van der Waals surface area contributed by atoms with Crippen molar-refractivity contribution in [1.29, 1.82) is 0 Å². The second-order valence-electron chi connectivity index (χ2n) is 9.29. The first-order valence-electron chi connectivity index (χ1n) is 11.7. The summed E-state index contributed by atoms with van der Waals surface area (Å²) in [6.07, 6.45) is 5.09. The molecule has 5 nitrogen and oxygen atoms in total. The molecule has 166 valence electrons. The van der Waals surface area contributed by atoms with Gasteiger partial charge in [0.15, 0.2) is 0 Å². The monoisotopic (exact) mass is 430 g/mol. The van der Waals surface area contributed by atoms with E-state index in [9.17, 15) is 9.59 Å². The lowest BCUT2D eigenvalue weighted by atomic mass is 9.88. The number of hydrogen-bond donors (Lipinski definition) is 0. The third kappa shape index (κ3) is 3.92. The molecule has 2 fully saturated rings. The molecule has 0 N–H and O–H groups in total. The molecule has 2 amide bonds. The Kier molecular flexibility index (Phi) is 5.73. The van der Waals surface area contributed by atoms with Gasteiger partial charge in [0.1, 0.15) is 5.76 Å². The van der Waals surface area contributed by atoms with Gasteiger partial charge in [-0.2, -0.15) is 0 Å². The molecule has 3 aromatic rings. The van der Waals surface area contributed by atoms with E-state index in [-0.39, 0.29) is 23.8 Å². The predicted octanol–water partition coefficient (Wildman–Crippen LogP) is 5.28. The minimum atomic E-state index is -0.0302. The third-order valence-corrected chi connectivity index (χ3v) is 7.17. The lowest BCUT2D eigenvalue weighted by Crippen LogP contribution is -2.47. The van der Waals surface area contributed by atoms with E-state index >= 15 is 0 Å². The Morgan fingerprint density at radius 3 is 2.47 bits per heavy atom. The Labute approximate surface area is 189 Å². The highest BCUT2D eigenvalue weighted by Crippen LogP contribution is 2.36. The van der Waals surface area contributed by atoms with Gasteiger partial charge >= 0.3 is 0 Å². The normalized spacial score (nSPS) is 22.3. The fraction of sp³-hybridized carbons (Fsp3) is 0.407. The zero-order valence-corrected chi connectivity index (χ0v) is 18.6. The highest BCUT2D eigenvalue weighted by atomic mass is 16.3. The second kappa shape index (κ2) is 8.81. The Morgan fingerprint density at radius 1 is 0.906 bits per heavy atom. The van der Waals surface area contributed by atoms with Gasteiger partial charge in [-0.25, -0.2) is 0 Å². The molecular weight excluding hydrogens is 400 g/mol. The molecule has 32 heavy (non-hydrogen) atoms. The van der Waals surface area contributed by atoms with E-state index in [0.717, 1.165) is 41.5 Å². The quantitative estimate of drug-likeness (QED) is 0.568. The number of furan rings is 1. The number of carbonyl (C=O) groups excluding carboxylic acids is 2. The number of amides is 2. The summed E-state index contributed by atoms with van der Waals surface area (Å²) in [5, 5.41) is 2.06. The first kappa shape index (κ1) is 20.8. The largest absolute Gasteiger partial charge is 0.467 e. The van der Waals surface area contributed by atoms with E-state index in [1.807, 2.05) is 64.4 Å². The number of likely N-dealkylation sites (tertiary alicyclic amines) is 2. The zero-order valence-electron chi connectivity index (χ0n) is 18.6. The maximum Gasteiger partial charge on any atom is 0.254 e. The topological polar surface area (TPSA) is 53.8 Å². The molecule has 2 atom stereocenters. The van der Waals surface area contributed by atoms with E-state index in [1.165, 1.54) is 0 Å². The Morgan fingerprint density at radius 2 is 1.69 bits per heavy atom. The summed E-state index contributed by atoms with van der Waals surface area (Å²) in [5.74, 6) is 1.71. The van der Waals surface area contributed by atoms with Crippen molar-refractivity contribution >= 4 is 22.6 Å². The maximum absolute atomic E-state index is 13.5. The summed E-state index contributed by atoms with van der Waals surface area (Å²) in [4.78, 5) is 30.7. The number of carbonyl (C=O) groups is 2. The highest BCUT2D eigenvalue weighted by Gasteiger charge is 2.37. The minimum Gasteiger partial charge on any atom is -0.467 e. The summed E-state index contributed by atoms with van der Waals surface area (Å²) < 4.78 is 5.67. The SMILES string of the molecule is C[C@@H]1CCN(C(=O)C2CCN(C(=O)c3cccc4ccccc34)CC2)[C@H](c2ccco2)C1. The van der Waals surface area contributed by atoms with Crippen LogP contribution in [0.5, 0.6) is 0 Å². The van der Waals surface area contributed by atoms with Crippen molar-refractivity contribution in [3.63, 3.8) is 0 Å². The Balaban J connectivity index is 1.27. The van der Waals surface area contributed by atoms with Crippen molar-refractivity contribution in [3.05, 3.63) is 72.2 Å². The molecule has 2 aromatic carbocycles. The van der Waals surface area contributed by atoms with Gasteiger partial charge in [0, 0.05) is 31.1 Å². The molecule has 2 aliphatic rings. The first-order valence-corrected chi connectivity index (χ1v) is 11.7. The van der Waals surface area contributed by atoms with Gasteiger partial charge in [-0.3, -0.25) is 9.59 Å². The van der Waals surface area contributed by atoms with Gasteiger partial charge in [-0.05, 0) is 60.6 Å². The number of hydrogen-bond acceptors (Lipinski definition) is 3. The summed E-state index contributed by atoms with van der Waals surface area (Å²) in [6, 6.07) is 17.8. The lowest BCUT2D eigenvalue weighted by molar-refractivity contribution is -0.142. The van der Waals surface area contributed by atoms with Gasteiger partial charge in [-0.15, -0.1) is 0 Å². The molecular formula is C27H30N2O3. The molecule has 0 radical (unpaired) electrons. The van der Waals surface area contributed by atoms with Crippen LogP contribution in [-0.4, -0.2) is 41.2 Å². The molecule has 1 aromatic heterocycles. The Bertz CT molecular complexity index is 1090. The predicted molar refractivity (Wildman–Crippen MR) is 124 cm³/mol. The number of benzene rings is 2. The standard InChI is InChI=1S/C27H30N2O3/c1-19-11-16-29(24(18-19)25-10-5-17-32-25)26(30)21-12-14-28(15-13-21)27(31)23-9-4-7-20-6-2-3-8-22(20)23/h2-10,17,19,21,24H,11-16,18H2,1H3/t19-,24+/m1/s1. The number of fused-ring (bicyclic) bond motifs is 1. The van der Waals surface area contributed by atoms with Gasteiger partial charge in [0.25, 0.3) is 5.91 Å². The van der Waals surface area contributed by atoms with Crippen LogP contribution in [0.15, 0.2) is 65.3 Å². The van der Waals surface area contributed by atoms with Crippen LogP contribution in [0, 0.1) is 11.8 Å². The third-order valence-electron chi connectivity index (χ3n) is 7.17. The fourth-order valence-corrected chi connectivity index (χ4v) is 5.30. The van der Waals surface area contributed by atoms with Crippen LogP contribution < -0.4 is 0 Å². The molecule has 3 heterocycles. The number of rotatable bonds is 3. The fourth-order valence-electron chi connectivity index (χ4n) is 5.30. The van der Waals surface area contributed by atoms with Gasteiger partial charge in [0.2, 0.25) is 5.91 Å². The van der Waals surface area contributed by atoms with Gasteiger partial charge in [-0.1, -0.05) is 43.3 Å². The van der Waals surface area contributed by atoms with Crippen LogP contribution in [0.2, 0.25) is 0 Å². The molecule has 2 saturated heterocycles. The summed E-state index contributed by atoms with van der Waals surface area (Å²) in [6.45, 7) is 4.26. The van der Waals surface area contributed by atoms with E-state index in [1.54, 1.807) is 6.26 Å². The van der Waals surface area contributed by atoms with E-state index < -0.39 is 0 Å². The molecule has 0 bridgehead atoms. The molecule has 2 aliphatic heterocycles. The smallest absolute Gasteiger partial charge is 0.254 e. The van der Waals surface area contributed by atoms with E-state index in [0.29, 0.717) is 31.8 Å². The van der Waals surface area contributed by atoms with Crippen LogP contribution in [0.1, 0.15) is 54.8 Å². The van der Waals surface area contributed by atoms with Gasteiger partial charge in [0.05, 0.1) is 12.3 Å². The summed E-state index contributed by atoms with van der Waals surface area (Å²) >= 11 is 0. The van der Waals surface area contributed by atoms with Crippen LogP contribution >= 0.6 is 0 Å². The van der Waals surface area contributed by atoms with Crippen molar-refractivity contribution in [2.45, 2.75) is 38.6 Å². The molecule has 0 saturated carbocycles. The molecule has 0 spiro atoms. The Hall–Kier alpha value is -3.08. The second-order valence-corrected chi connectivity index (χ2v) is 9.29. The van der Waals surface area contributed by atoms with Crippen LogP contribution in [-0.2, 0) is 4.79 Å². The molecule has 5 rings (SSSR count). The van der Waals surface area contributed by atoms with Crippen LogP contribution in [0.4, 0.5) is 0 Å². The van der Waals surface area contributed by atoms with Crippen molar-refractivity contribution in [3.8, 4) is 0 Å². The lowest BCUT2D eigenvalue weighted by Gasteiger charge is -2.41. The van der Waals surface area contributed by atoms with E-state index in [2.05, 4.69) is 6.92 Å². The average Bonchev–Trinajstić information content (AvgIpc) is 3.38. The highest BCUT2D eigenvalue weighted by molar-refractivity contribution is 6.07. The zero-order chi connectivity index (χ0) is 22.1. The van der Waals surface area contributed by atoms with Crippen molar-refractivity contribution in [2.75, 3.05) is 19.6 Å². The van der Waals surface area contributed by atoms with Crippen molar-refractivity contribution in [1.82, 2.24) is 9.80 Å². The maximum atomic E-state index is 13.5. The molecule has 0 unspecified atom stereocenters. The van der Waals surface area contributed by atoms with Crippen LogP contribution in [0.25, 0.3) is 10.8 Å². The van der Waals surface area contributed by atoms with Crippen molar-refractivity contribution in [2.24, 2.45) is 11.8 Å². The average molecular weight is 431 g/mol. The minimum absolute atomic E-state index is 0.0246. The van der Waals surface area contributed by atoms with Crippen molar-refractivity contribution < 1.29 is 14.0 Å². The summed E-state index contributed by atoms with van der Waals surface area (Å²) in [7, 11) is 0. The van der Waals surface area contributed by atoms with Crippen LogP contribution in [0.3, 0.4) is 0 Å².